The highest BCUT2D eigenvalue weighted by Gasteiger charge is 2.22. The van der Waals surface area contributed by atoms with Crippen molar-refractivity contribution in [2.75, 3.05) is 18.6 Å². The van der Waals surface area contributed by atoms with E-state index in [1.54, 1.807) is 12.1 Å². The number of carbonyl (C=O) groups excluding carboxylic acids is 2. The standard InChI is InChI=1S/C19H26N4O3/c1-3-4-5-9-16(13-23(26)14-24)19(25)21-22(2)18-12-11-15-8-6-7-10-17(15)20-18/h6-8,10-12,14,16,26H,3-5,9,13H2,1-2H3,(H,21,25). The van der Waals surface area contributed by atoms with Gasteiger partial charge in [-0.2, -0.15) is 0 Å². The molecule has 26 heavy (non-hydrogen) atoms. The van der Waals surface area contributed by atoms with Gasteiger partial charge in [-0.05, 0) is 24.6 Å². The number of aromatic nitrogens is 1. The average molecular weight is 358 g/mol. The van der Waals surface area contributed by atoms with Crippen LogP contribution in [-0.2, 0) is 9.59 Å². The molecule has 0 aliphatic carbocycles. The van der Waals surface area contributed by atoms with E-state index in [1.165, 1.54) is 0 Å². The fourth-order valence-electron chi connectivity index (χ4n) is 2.77. The summed E-state index contributed by atoms with van der Waals surface area (Å²) in [5.74, 6) is -0.125. The summed E-state index contributed by atoms with van der Waals surface area (Å²) in [6.07, 6.45) is 3.81. The molecular weight excluding hydrogens is 332 g/mol. The molecule has 0 saturated heterocycles. The molecule has 140 valence electrons. The number of fused-ring (bicyclic) bond motifs is 1. The Labute approximate surface area is 153 Å². The number of amides is 2. The van der Waals surface area contributed by atoms with E-state index >= 15 is 0 Å². The summed E-state index contributed by atoms with van der Waals surface area (Å²) in [6.45, 7) is 2.05. The topological polar surface area (TPSA) is 85.8 Å². The molecule has 7 nitrogen and oxygen atoms in total. The third-order valence-electron chi connectivity index (χ3n) is 4.26. The molecule has 0 fully saturated rings. The average Bonchev–Trinajstić information content (AvgIpc) is 2.66. The van der Waals surface area contributed by atoms with Gasteiger partial charge in [-0.25, -0.2) is 10.0 Å². The van der Waals surface area contributed by atoms with Crippen LogP contribution in [0.5, 0.6) is 0 Å². The summed E-state index contributed by atoms with van der Waals surface area (Å²) < 4.78 is 0. The number of para-hydroxylation sites is 1. The third-order valence-corrected chi connectivity index (χ3v) is 4.26. The Hall–Kier alpha value is -2.67. The van der Waals surface area contributed by atoms with E-state index in [0.29, 0.717) is 23.7 Å². The smallest absolute Gasteiger partial charge is 0.243 e. The maximum atomic E-state index is 12.6. The Kier molecular flexibility index (Phi) is 7.35. The second-order valence-corrected chi connectivity index (χ2v) is 6.32. The predicted molar refractivity (Wildman–Crippen MR) is 100 cm³/mol. The van der Waals surface area contributed by atoms with Crippen LogP contribution in [0.25, 0.3) is 10.9 Å². The molecule has 1 aromatic carbocycles. The number of hydrogen-bond acceptors (Lipinski definition) is 5. The van der Waals surface area contributed by atoms with E-state index in [2.05, 4.69) is 17.3 Å². The van der Waals surface area contributed by atoms with Crippen LogP contribution >= 0.6 is 0 Å². The van der Waals surface area contributed by atoms with Gasteiger partial charge >= 0.3 is 0 Å². The molecule has 0 aliphatic heterocycles. The number of nitrogens with one attached hydrogen (secondary N) is 1. The number of nitrogens with zero attached hydrogens (tertiary/aromatic N) is 3. The molecule has 1 atom stereocenters. The number of carbonyl (C=O) groups is 2. The van der Waals surface area contributed by atoms with E-state index in [-0.39, 0.29) is 12.5 Å². The van der Waals surface area contributed by atoms with Gasteiger partial charge in [0.25, 0.3) is 0 Å². The molecule has 2 N–H and O–H groups in total. The highest BCUT2D eigenvalue weighted by Crippen LogP contribution is 2.17. The lowest BCUT2D eigenvalue weighted by Gasteiger charge is -2.24. The van der Waals surface area contributed by atoms with E-state index in [1.807, 2.05) is 36.4 Å². The van der Waals surface area contributed by atoms with Crippen LogP contribution in [0.4, 0.5) is 5.82 Å². The number of hydrazine groups is 1. The number of rotatable bonds is 10. The fourth-order valence-corrected chi connectivity index (χ4v) is 2.77. The summed E-state index contributed by atoms with van der Waals surface area (Å²) in [5.41, 5.74) is 3.64. The molecule has 7 heteroatoms. The Morgan fingerprint density at radius 1 is 1.27 bits per heavy atom. The van der Waals surface area contributed by atoms with Crippen LogP contribution < -0.4 is 10.4 Å². The second kappa shape index (κ2) is 9.72. The highest BCUT2D eigenvalue weighted by atomic mass is 16.5. The summed E-state index contributed by atoms with van der Waals surface area (Å²) in [4.78, 5) is 27.8. The summed E-state index contributed by atoms with van der Waals surface area (Å²) >= 11 is 0. The van der Waals surface area contributed by atoms with Gasteiger partial charge in [0.15, 0.2) is 0 Å². The predicted octanol–water partition coefficient (Wildman–Crippen LogP) is 2.75. The third kappa shape index (κ3) is 5.42. The number of anilines is 1. The number of unbranched alkanes of at least 4 members (excludes halogenated alkanes) is 2. The number of benzene rings is 1. The number of hydroxylamine groups is 2. The van der Waals surface area contributed by atoms with E-state index < -0.39 is 5.92 Å². The van der Waals surface area contributed by atoms with Crippen LogP contribution in [-0.4, -0.2) is 41.2 Å². The first-order valence-corrected chi connectivity index (χ1v) is 8.86. The van der Waals surface area contributed by atoms with Crippen molar-refractivity contribution in [3.05, 3.63) is 36.4 Å². The molecule has 2 rings (SSSR count). The lowest BCUT2D eigenvalue weighted by Crippen LogP contribution is -2.45. The molecule has 0 bridgehead atoms. The molecule has 1 unspecified atom stereocenters. The van der Waals surface area contributed by atoms with Crippen LogP contribution in [0.2, 0.25) is 0 Å². The largest absolute Gasteiger partial charge is 0.286 e. The molecule has 0 saturated carbocycles. The maximum Gasteiger partial charge on any atom is 0.243 e. The van der Waals surface area contributed by atoms with E-state index in [0.717, 1.165) is 30.2 Å². The molecule has 0 aliphatic rings. The minimum atomic E-state index is -0.486. The highest BCUT2D eigenvalue weighted by molar-refractivity contribution is 5.82. The Morgan fingerprint density at radius 2 is 2.04 bits per heavy atom. The van der Waals surface area contributed by atoms with E-state index in [4.69, 9.17) is 0 Å². The SMILES string of the molecule is CCCCCC(CN(O)C=O)C(=O)NN(C)c1ccc2ccccc2n1. The maximum absolute atomic E-state index is 12.6. The van der Waals surface area contributed by atoms with Crippen molar-refractivity contribution in [2.24, 2.45) is 5.92 Å². The minimum absolute atomic E-state index is 0.0297. The van der Waals surface area contributed by atoms with Crippen molar-refractivity contribution in [3.63, 3.8) is 0 Å². The van der Waals surface area contributed by atoms with Crippen LogP contribution in [0.15, 0.2) is 36.4 Å². The van der Waals surface area contributed by atoms with Gasteiger partial charge in [0.05, 0.1) is 18.0 Å². The van der Waals surface area contributed by atoms with Crippen molar-refractivity contribution in [1.82, 2.24) is 15.5 Å². The van der Waals surface area contributed by atoms with Crippen molar-refractivity contribution < 1.29 is 14.8 Å². The van der Waals surface area contributed by atoms with Gasteiger partial charge in [0.2, 0.25) is 12.3 Å². The lowest BCUT2D eigenvalue weighted by atomic mass is 10.0. The van der Waals surface area contributed by atoms with Crippen molar-refractivity contribution in [1.29, 1.82) is 0 Å². The summed E-state index contributed by atoms with van der Waals surface area (Å²) in [7, 11) is 1.72. The monoisotopic (exact) mass is 358 g/mol. The molecule has 0 radical (unpaired) electrons. The normalized spacial score (nSPS) is 11.8. The van der Waals surface area contributed by atoms with Gasteiger partial charge in [-0.3, -0.25) is 25.2 Å². The number of pyridine rings is 1. The molecule has 2 amide bonds. The first-order valence-electron chi connectivity index (χ1n) is 8.86. The molecule has 1 aromatic heterocycles. The van der Waals surface area contributed by atoms with Gasteiger partial charge < -0.3 is 0 Å². The van der Waals surface area contributed by atoms with Crippen LogP contribution in [0.3, 0.4) is 0 Å². The molecular formula is C19H26N4O3. The summed E-state index contributed by atoms with van der Waals surface area (Å²) in [5, 5.41) is 12.6. The fraction of sp³-hybridized carbons (Fsp3) is 0.421. The quantitative estimate of drug-likeness (QED) is 0.295. The zero-order valence-corrected chi connectivity index (χ0v) is 15.3. The second-order valence-electron chi connectivity index (χ2n) is 6.32. The van der Waals surface area contributed by atoms with Crippen molar-refractivity contribution in [3.8, 4) is 0 Å². The Bertz CT molecular complexity index is 738. The van der Waals surface area contributed by atoms with Crippen molar-refractivity contribution >= 4 is 29.0 Å². The molecule has 1 heterocycles. The van der Waals surface area contributed by atoms with Crippen LogP contribution in [0.1, 0.15) is 32.6 Å². The van der Waals surface area contributed by atoms with E-state index in [9.17, 15) is 14.8 Å². The lowest BCUT2D eigenvalue weighted by molar-refractivity contribution is -0.154. The first kappa shape index (κ1) is 19.7. The van der Waals surface area contributed by atoms with Gasteiger partial charge in [0, 0.05) is 12.4 Å². The van der Waals surface area contributed by atoms with Gasteiger partial charge in [-0.1, -0.05) is 44.4 Å². The summed E-state index contributed by atoms with van der Waals surface area (Å²) in [6, 6.07) is 11.5. The Balaban J connectivity index is 2.05. The van der Waals surface area contributed by atoms with Crippen molar-refractivity contribution in [2.45, 2.75) is 32.6 Å². The zero-order valence-electron chi connectivity index (χ0n) is 15.3. The number of hydrogen-bond donors (Lipinski definition) is 2. The Morgan fingerprint density at radius 3 is 2.77 bits per heavy atom. The van der Waals surface area contributed by atoms with Crippen LogP contribution in [0, 0.1) is 5.92 Å². The molecule has 2 aromatic rings. The van der Waals surface area contributed by atoms with Gasteiger partial charge in [-0.15, -0.1) is 0 Å². The minimum Gasteiger partial charge on any atom is -0.286 e. The zero-order chi connectivity index (χ0) is 18.9. The first-order chi connectivity index (χ1) is 12.5. The molecule has 0 spiro atoms. The van der Waals surface area contributed by atoms with Gasteiger partial charge in [0.1, 0.15) is 5.82 Å².